The first-order chi connectivity index (χ1) is 11.5. The monoisotopic (exact) mass is 342 g/mol. The molecule has 0 unspecified atom stereocenters. The van der Waals surface area contributed by atoms with Gasteiger partial charge >= 0.3 is 0 Å². The second-order valence-electron chi connectivity index (χ2n) is 6.93. The van der Waals surface area contributed by atoms with Gasteiger partial charge in [0.15, 0.2) is 11.5 Å². The van der Waals surface area contributed by atoms with Crippen molar-refractivity contribution in [3.63, 3.8) is 0 Å². The minimum absolute atomic E-state index is 0.276. The maximum absolute atomic E-state index is 12.4. The number of carbonyl (C=O) groups is 1. The Labute approximate surface area is 147 Å². The topological polar surface area (TPSA) is 35.5 Å². The number of allylic oxidation sites excluding steroid dienone is 3. The number of rotatable bonds is 2. The van der Waals surface area contributed by atoms with Crippen molar-refractivity contribution < 1.29 is 14.3 Å². The molecule has 1 aromatic carbocycles. The van der Waals surface area contributed by atoms with Gasteiger partial charge in [0.2, 0.25) is 0 Å². The van der Waals surface area contributed by atoms with Crippen LogP contribution < -0.4 is 9.47 Å². The van der Waals surface area contributed by atoms with Crippen molar-refractivity contribution in [1.82, 2.24) is 0 Å². The number of carbonyl (C=O) groups excluding carboxylic acids is 1. The Balaban J connectivity index is 1.91. The number of Topliss-reactive ketones (excluding diaryl/α,β-unsaturated/α-hetero) is 1. The van der Waals surface area contributed by atoms with Gasteiger partial charge in [0, 0.05) is 16.6 Å². The fourth-order valence-corrected chi connectivity index (χ4v) is 5.59. The van der Waals surface area contributed by atoms with Crippen molar-refractivity contribution in [3.05, 3.63) is 34.9 Å². The summed E-state index contributed by atoms with van der Waals surface area (Å²) in [7, 11) is 3.35. The number of fused-ring (bicyclic) bond motifs is 4. The molecule has 1 aliphatic heterocycles. The summed E-state index contributed by atoms with van der Waals surface area (Å²) in [5, 5.41) is 0.349. The van der Waals surface area contributed by atoms with E-state index in [1.54, 1.807) is 14.2 Å². The van der Waals surface area contributed by atoms with Crippen LogP contribution in [0.2, 0.25) is 0 Å². The second-order valence-corrected chi connectivity index (χ2v) is 8.32. The SMILES string of the molecule is COc1cc2c(cc1OC)C1=C(C3=CCC(=O)[C@@]3(C)CC1)[C@H](C)S2. The van der Waals surface area contributed by atoms with Gasteiger partial charge in [-0.05, 0) is 61.1 Å². The summed E-state index contributed by atoms with van der Waals surface area (Å²) in [5.41, 5.74) is 5.00. The van der Waals surface area contributed by atoms with Crippen molar-refractivity contribution >= 4 is 23.1 Å². The molecule has 0 N–H and O–H groups in total. The zero-order chi connectivity index (χ0) is 17.1. The van der Waals surface area contributed by atoms with E-state index in [9.17, 15) is 4.79 Å². The molecule has 0 saturated heterocycles. The highest BCUT2D eigenvalue weighted by atomic mass is 32.2. The number of ether oxygens (including phenoxy) is 2. The quantitative estimate of drug-likeness (QED) is 0.784. The molecule has 4 rings (SSSR count). The van der Waals surface area contributed by atoms with E-state index in [1.807, 2.05) is 11.8 Å². The number of ketones is 1. The van der Waals surface area contributed by atoms with Crippen LogP contribution >= 0.6 is 11.8 Å². The van der Waals surface area contributed by atoms with Crippen LogP contribution in [-0.2, 0) is 4.79 Å². The zero-order valence-electron chi connectivity index (χ0n) is 14.6. The fourth-order valence-electron chi connectivity index (χ4n) is 4.34. The van der Waals surface area contributed by atoms with Gasteiger partial charge in [-0.15, -0.1) is 11.8 Å². The lowest BCUT2D eigenvalue weighted by atomic mass is 9.67. The molecule has 0 fully saturated rings. The van der Waals surface area contributed by atoms with Crippen LogP contribution in [0.4, 0.5) is 0 Å². The van der Waals surface area contributed by atoms with Crippen LogP contribution in [-0.4, -0.2) is 25.3 Å². The summed E-state index contributed by atoms with van der Waals surface area (Å²) in [4.78, 5) is 13.7. The third kappa shape index (κ3) is 2.02. The Hall–Kier alpha value is -1.68. The van der Waals surface area contributed by atoms with E-state index in [0.29, 0.717) is 17.5 Å². The van der Waals surface area contributed by atoms with Gasteiger partial charge in [0.1, 0.15) is 5.78 Å². The molecule has 2 atom stereocenters. The maximum atomic E-state index is 12.4. The van der Waals surface area contributed by atoms with Gasteiger partial charge in [-0.1, -0.05) is 6.08 Å². The molecular formula is C20H22O3S. The first-order valence-electron chi connectivity index (χ1n) is 8.40. The summed E-state index contributed by atoms with van der Waals surface area (Å²) in [6.45, 7) is 4.37. The van der Waals surface area contributed by atoms with Crippen molar-refractivity contribution in [3.8, 4) is 11.5 Å². The molecule has 0 spiro atoms. The smallest absolute Gasteiger partial charge is 0.161 e. The Morgan fingerprint density at radius 3 is 2.62 bits per heavy atom. The molecule has 1 aromatic rings. The lowest BCUT2D eigenvalue weighted by Crippen LogP contribution is -2.32. The number of hydrogen-bond acceptors (Lipinski definition) is 4. The summed E-state index contributed by atoms with van der Waals surface area (Å²) in [5.74, 6) is 1.92. The van der Waals surface area contributed by atoms with Crippen LogP contribution in [0, 0.1) is 5.41 Å². The number of benzene rings is 1. The Bertz CT molecular complexity index is 805. The average Bonchev–Trinajstić information content (AvgIpc) is 2.88. The highest BCUT2D eigenvalue weighted by Gasteiger charge is 2.47. The number of thioether (sulfide) groups is 1. The number of methoxy groups -OCH3 is 2. The van der Waals surface area contributed by atoms with Crippen LogP contribution in [0.25, 0.3) is 5.57 Å². The van der Waals surface area contributed by atoms with Gasteiger partial charge in [-0.3, -0.25) is 4.79 Å². The predicted molar refractivity (Wildman–Crippen MR) is 96.8 cm³/mol. The average molecular weight is 342 g/mol. The molecule has 3 aliphatic rings. The molecule has 0 bridgehead atoms. The molecule has 0 radical (unpaired) electrons. The predicted octanol–water partition coefficient (Wildman–Crippen LogP) is 4.65. The standard InChI is InChI=1S/C20H22O3S/c1-11-19-12(7-8-20(2)14(19)5-6-18(20)21)13-9-15(22-3)16(23-4)10-17(13)24-11/h5,9-11H,6-8H2,1-4H3/t11-,20-/m0/s1. The third-order valence-electron chi connectivity index (χ3n) is 5.71. The first-order valence-corrected chi connectivity index (χ1v) is 9.28. The van der Waals surface area contributed by atoms with Crippen molar-refractivity contribution in [1.29, 1.82) is 0 Å². The summed E-state index contributed by atoms with van der Waals surface area (Å²) < 4.78 is 11.0. The molecule has 0 aromatic heterocycles. The molecule has 3 nitrogen and oxygen atoms in total. The first kappa shape index (κ1) is 15.8. The van der Waals surface area contributed by atoms with E-state index >= 15 is 0 Å². The number of hydrogen-bond donors (Lipinski definition) is 0. The van der Waals surface area contributed by atoms with E-state index in [0.717, 1.165) is 24.3 Å². The van der Waals surface area contributed by atoms with Gasteiger partial charge < -0.3 is 9.47 Å². The van der Waals surface area contributed by atoms with Crippen molar-refractivity contribution in [2.24, 2.45) is 5.41 Å². The van der Waals surface area contributed by atoms with E-state index < -0.39 is 0 Å². The third-order valence-corrected chi connectivity index (χ3v) is 6.89. The van der Waals surface area contributed by atoms with Crippen molar-refractivity contribution in [2.75, 3.05) is 14.2 Å². The summed E-state index contributed by atoms with van der Waals surface area (Å²) in [6.07, 6.45) is 4.60. The molecule has 2 aliphatic carbocycles. The molecule has 0 amide bonds. The summed E-state index contributed by atoms with van der Waals surface area (Å²) in [6, 6.07) is 4.18. The molecular weight excluding hydrogens is 320 g/mol. The highest BCUT2D eigenvalue weighted by Crippen LogP contribution is 2.57. The van der Waals surface area contributed by atoms with E-state index in [4.69, 9.17) is 9.47 Å². The van der Waals surface area contributed by atoms with E-state index in [1.165, 1.54) is 27.2 Å². The van der Waals surface area contributed by atoms with Crippen LogP contribution in [0.15, 0.2) is 34.3 Å². The van der Waals surface area contributed by atoms with Gasteiger partial charge in [0.25, 0.3) is 0 Å². The fraction of sp³-hybridized carbons (Fsp3) is 0.450. The van der Waals surface area contributed by atoms with E-state index in [-0.39, 0.29) is 5.41 Å². The molecule has 24 heavy (non-hydrogen) atoms. The maximum Gasteiger partial charge on any atom is 0.161 e. The minimum atomic E-state index is -0.276. The van der Waals surface area contributed by atoms with Crippen molar-refractivity contribution in [2.45, 2.75) is 43.3 Å². The molecule has 4 heteroatoms. The Morgan fingerprint density at radius 2 is 1.92 bits per heavy atom. The van der Waals surface area contributed by atoms with Crippen LogP contribution in [0.5, 0.6) is 11.5 Å². The van der Waals surface area contributed by atoms with Gasteiger partial charge in [-0.25, -0.2) is 0 Å². The normalized spacial score (nSPS) is 28.1. The van der Waals surface area contributed by atoms with E-state index in [2.05, 4.69) is 32.1 Å². The highest BCUT2D eigenvalue weighted by molar-refractivity contribution is 8.00. The largest absolute Gasteiger partial charge is 0.493 e. The lowest BCUT2D eigenvalue weighted by molar-refractivity contribution is -0.124. The molecule has 126 valence electrons. The van der Waals surface area contributed by atoms with Crippen LogP contribution in [0.3, 0.4) is 0 Å². The Morgan fingerprint density at radius 1 is 1.21 bits per heavy atom. The van der Waals surface area contributed by atoms with Crippen LogP contribution in [0.1, 0.15) is 38.7 Å². The zero-order valence-corrected chi connectivity index (χ0v) is 15.4. The molecule has 1 heterocycles. The minimum Gasteiger partial charge on any atom is -0.493 e. The lowest BCUT2D eigenvalue weighted by Gasteiger charge is -2.40. The van der Waals surface area contributed by atoms with Gasteiger partial charge in [-0.2, -0.15) is 0 Å². The molecule has 0 saturated carbocycles. The second kappa shape index (κ2) is 5.41. The van der Waals surface area contributed by atoms with Gasteiger partial charge in [0.05, 0.1) is 19.6 Å². The Kier molecular flexibility index (Phi) is 3.57. The summed E-state index contributed by atoms with van der Waals surface area (Å²) >= 11 is 1.85.